The van der Waals surface area contributed by atoms with Gasteiger partial charge in [0.2, 0.25) is 5.91 Å². The number of carbonyl (C=O) groups excluding carboxylic acids is 1. The van der Waals surface area contributed by atoms with Crippen LogP contribution in [0.25, 0.3) is 0 Å². The van der Waals surface area contributed by atoms with Crippen molar-refractivity contribution < 1.29 is 4.79 Å². The zero-order valence-corrected chi connectivity index (χ0v) is 11.0. The van der Waals surface area contributed by atoms with E-state index in [9.17, 15) is 4.79 Å². The van der Waals surface area contributed by atoms with Crippen molar-refractivity contribution in [2.75, 3.05) is 0 Å². The summed E-state index contributed by atoms with van der Waals surface area (Å²) in [4.78, 5) is 17.7. The molecule has 1 amide bonds. The molecule has 17 heavy (non-hydrogen) atoms. The minimum absolute atomic E-state index is 0.367. The van der Waals surface area contributed by atoms with E-state index in [0.717, 1.165) is 10.6 Å². The molecular formula is C11H13N3OS2. The first kappa shape index (κ1) is 12.2. The van der Waals surface area contributed by atoms with Crippen LogP contribution in [-0.2, 0) is 11.3 Å². The van der Waals surface area contributed by atoms with Crippen molar-refractivity contribution in [3.63, 3.8) is 0 Å². The zero-order valence-electron chi connectivity index (χ0n) is 9.34. The van der Waals surface area contributed by atoms with Crippen LogP contribution in [0, 0.1) is 6.92 Å². The van der Waals surface area contributed by atoms with Gasteiger partial charge in [-0.1, -0.05) is 6.07 Å². The van der Waals surface area contributed by atoms with Crippen molar-refractivity contribution in [1.82, 2.24) is 10.3 Å². The molecule has 0 bridgehead atoms. The number of amides is 1. The maximum Gasteiger partial charge on any atom is 0.240 e. The van der Waals surface area contributed by atoms with E-state index in [-0.39, 0.29) is 5.91 Å². The van der Waals surface area contributed by atoms with Gasteiger partial charge in [0.25, 0.3) is 0 Å². The van der Waals surface area contributed by atoms with Gasteiger partial charge in [-0.3, -0.25) is 10.1 Å². The normalized spacial score (nSPS) is 12.5. The van der Waals surface area contributed by atoms with Gasteiger partial charge in [0.1, 0.15) is 6.04 Å². The summed E-state index contributed by atoms with van der Waals surface area (Å²) in [5.41, 5.74) is 8.01. The average molecular weight is 267 g/mol. The highest BCUT2D eigenvalue weighted by atomic mass is 32.1. The summed E-state index contributed by atoms with van der Waals surface area (Å²) in [7, 11) is 0. The number of nitrogens with zero attached hydrogens (tertiary/aromatic N) is 1. The lowest BCUT2D eigenvalue weighted by molar-refractivity contribution is -0.120. The Morgan fingerprint density at radius 1 is 1.59 bits per heavy atom. The van der Waals surface area contributed by atoms with Crippen molar-refractivity contribution in [2.24, 2.45) is 5.73 Å². The standard InChI is InChI=1S/C11H13N3OS2/c1-7-10(17-6-14-7)9(11(12)15)13-5-8-3-2-4-16-8/h2-4,6,9,13H,5H2,1H3,(H2,12,15). The molecule has 0 aliphatic carbocycles. The van der Waals surface area contributed by atoms with Gasteiger partial charge in [-0.2, -0.15) is 0 Å². The minimum atomic E-state index is -0.454. The zero-order chi connectivity index (χ0) is 12.3. The molecule has 2 rings (SSSR count). The number of primary amides is 1. The molecule has 6 heteroatoms. The van der Waals surface area contributed by atoms with Crippen molar-refractivity contribution >= 4 is 28.6 Å². The number of hydrogen-bond donors (Lipinski definition) is 2. The van der Waals surface area contributed by atoms with E-state index in [1.54, 1.807) is 16.8 Å². The SMILES string of the molecule is Cc1ncsc1C(NCc1cccs1)C(N)=O. The number of thiophene rings is 1. The third-order valence-electron chi connectivity index (χ3n) is 2.39. The van der Waals surface area contributed by atoms with Gasteiger partial charge >= 0.3 is 0 Å². The molecule has 0 fully saturated rings. The van der Waals surface area contributed by atoms with E-state index in [1.807, 2.05) is 24.4 Å². The highest BCUT2D eigenvalue weighted by molar-refractivity contribution is 7.10. The number of carbonyl (C=O) groups is 1. The van der Waals surface area contributed by atoms with Crippen LogP contribution in [0.15, 0.2) is 23.0 Å². The number of nitrogens with one attached hydrogen (secondary N) is 1. The number of thiazole rings is 1. The Balaban J connectivity index is 2.09. The van der Waals surface area contributed by atoms with Crippen molar-refractivity contribution in [2.45, 2.75) is 19.5 Å². The molecule has 2 aromatic heterocycles. The number of hydrogen-bond acceptors (Lipinski definition) is 5. The Morgan fingerprint density at radius 3 is 2.94 bits per heavy atom. The topological polar surface area (TPSA) is 68.0 Å². The van der Waals surface area contributed by atoms with Gasteiger partial charge in [-0.05, 0) is 18.4 Å². The summed E-state index contributed by atoms with van der Waals surface area (Å²) in [5.74, 6) is -0.367. The molecule has 0 saturated heterocycles. The lowest BCUT2D eigenvalue weighted by atomic mass is 10.2. The Kier molecular flexibility index (Phi) is 3.88. The summed E-state index contributed by atoms with van der Waals surface area (Å²) >= 11 is 3.10. The highest BCUT2D eigenvalue weighted by Gasteiger charge is 2.21. The molecule has 0 aliphatic heterocycles. The van der Waals surface area contributed by atoms with Gasteiger partial charge < -0.3 is 5.73 Å². The number of aryl methyl sites for hydroxylation is 1. The predicted octanol–water partition coefficient (Wildman–Crippen LogP) is 1.83. The van der Waals surface area contributed by atoms with E-state index in [2.05, 4.69) is 10.3 Å². The Labute approximate surface area is 107 Å². The third-order valence-corrected chi connectivity index (χ3v) is 4.26. The van der Waals surface area contributed by atoms with Gasteiger partial charge in [-0.25, -0.2) is 4.98 Å². The molecule has 2 aromatic rings. The van der Waals surface area contributed by atoms with Gasteiger partial charge in [0.15, 0.2) is 0 Å². The summed E-state index contributed by atoms with van der Waals surface area (Å²) in [6.45, 7) is 2.53. The van der Waals surface area contributed by atoms with Crippen molar-refractivity contribution in [1.29, 1.82) is 0 Å². The summed E-state index contributed by atoms with van der Waals surface area (Å²) in [6, 6.07) is 3.55. The van der Waals surface area contributed by atoms with Crippen LogP contribution < -0.4 is 11.1 Å². The van der Waals surface area contributed by atoms with Crippen LogP contribution in [0.1, 0.15) is 21.5 Å². The molecule has 0 saturated carbocycles. The van der Waals surface area contributed by atoms with E-state index in [1.165, 1.54) is 16.2 Å². The van der Waals surface area contributed by atoms with Crippen LogP contribution >= 0.6 is 22.7 Å². The molecule has 0 aromatic carbocycles. The number of rotatable bonds is 5. The first-order valence-electron chi connectivity index (χ1n) is 5.13. The Morgan fingerprint density at radius 2 is 2.41 bits per heavy atom. The van der Waals surface area contributed by atoms with E-state index in [0.29, 0.717) is 6.54 Å². The molecule has 0 aliphatic rings. The van der Waals surface area contributed by atoms with Gasteiger partial charge in [0.05, 0.1) is 16.1 Å². The Hall–Kier alpha value is -1.24. The smallest absolute Gasteiger partial charge is 0.240 e. The lowest BCUT2D eigenvalue weighted by Gasteiger charge is -2.13. The van der Waals surface area contributed by atoms with Gasteiger partial charge in [0, 0.05) is 11.4 Å². The second kappa shape index (κ2) is 5.39. The summed E-state index contributed by atoms with van der Waals surface area (Å²) in [5, 5.41) is 5.18. The minimum Gasteiger partial charge on any atom is -0.368 e. The molecule has 0 spiro atoms. The van der Waals surface area contributed by atoms with Crippen LogP contribution in [-0.4, -0.2) is 10.9 Å². The first-order chi connectivity index (χ1) is 8.18. The van der Waals surface area contributed by atoms with E-state index in [4.69, 9.17) is 5.73 Å². The number of nitrogens with two attached hydrogens (primary N) is 1. The maximum atomic E-state index is 11.5. The van der Waals surface area contributed by atoms with Crippen LogP contribution in [0.5, 0.6) is 0 Å². The molecule has 2 heterocycles. The largest absolute Gasteiger partial charge is 0.368 e. The third kappa shape index (κ3) is 2.91. The summed E-state index contributed by atoms with van der Waals surface area (Å²) < 4.78 is 0. The second-order valence-electron chi connectivity index (χ2n) is 3.60. The van der Waals surface area contributed by atoms with Crippen molar-refractivity contribution in [3.05, 3.63) is 38.5 Å². The molecule has 4 nitrogen and oxygen atoms in total. The lowest BCUT2D eigenvalue weighted by Crippen LogP contribution is -2.33. The molecule has 0 radical (unpaired) electrons. The first-order valence-corrected chi connectivity index (χ1v) is 6.89. The predicted molar refractivity (Wildman–Crippen MR) is 69.9 cm³/mol. The fourth-order valence-corrected chi connectivity index (χ4v) is 3.07. The molecule has 1 unspecified atom stereocenters. The summed E-state index contributed by atoms with van der Waals surface area (Å²) in [6.07, 6.45) is 0. The van der Waals surface area contributed by atoms with Crippen molar-refractivity contribution in [3.8, 4) is 0 Å². The van der Waals surface area contributed by atoms with E-state index < -0.39 is 6.04 Å². The van der Waals surface area contributed by atoms with Crippen LogP contribution in [0.2, 0.25) is 0 Å². The monoisotopic (exact) mass is 267 g/mol. The van der Waals surface area contributed by atoms with Crippen LogP contribution in [0.4, 0.5) is 0 Å². The molecule has 3 N–H and O–H groups in total. The number of aromatic nitrogens is 1. The quantitative estimate of drug-likeness (QED) is 0.868. The highest BCUT2D eigenvalue weighted by Crippen LogP contribution is 2.22. The molecule has 90 valence electrons. The van der Waals surface area contributed by atoms with Crippen LogP contribution in [0.3, 0.4) is 0 Å². The molecule has 1 atom stereocenters. The fraction of sp³-hybridized carbons (Fsp3) is 0.273. The fourth-order valence-electron chi connectivity index (χ4n) is 1.53. The molecular weight excluding hydrogens is 254 g/mol. The average Bonchev–Trinajstić information content (AvgIpc) is 2.91. The Bertz CT molecular complexity index is 493. The second-order valence-corrected chi connectivity index (χ2v) is 5.52. The maximum absolute atomic E-state index is 11.5. The van der Waals surface area contributed by atoms with Gasteiger partial charge in [-0.15, -0.1) is 22.7 Å². The van der Waals surface area contributed by atoms with E-state index >= 15 is 0 Å².